The topological polar surface area (TPSA) is 105 Å². The summed E-state index contributed by atoms with van der Waals surface area (Å²) in [7, 11) is 1.58. The Bertz CT molecular complexity index is 998. The van der Waals surface area contributed by atoms with Crippen molar-refractivity contribution in [2.24, 2.45) is 11.8 Å². The third-order valence-corrected chi connectivity index (χ3v) is 7.36. The molecule has 2 aliphatic rings. The second kappa shape index (κ2) is 9.09. The van der Waals surface area contributed by atoms with Crippen molar-refractivity contribution in [3.63, 3.8) is 0 Å². The Hall–Kier alpha value is -2.87. The minimum Gasteiger partial charge on any atom is -0.497 e. The van der Waals surface area contributed by atoms with Crippen LogP contribution in [0.3, 0.4) is 0 Å². The van der Waals surface area contributed by atoms with Crippen molar-refractivity contribution in [1.82, 2.24) is 0 Å². The molecular weight excluding hydrogens is 416 g/mol. The zero-order valence-electron chi connectivity index (χ0n) is 17.4. The van der Waals surface area contributed by atoms with Gasteiger partial charge in [0.1, 0.15) is 10.8 Å². The van der Waals surface area contributed by atoms with Gasteiger partial charge in [-0.05, 0) is 61.9 Å². The molecule has 0 bridgehead atoms. The van der Waals surface area contributed by atoms with E-state index in [4.69, 9.17) is 4.74 Å². The highest BCUT2D eigenvalue weighted by Crippen LogP contribution is 2.40. The number of aryl methyl sites for hydroxylation is 1. The first-order chi connectivity index (χ1) is 15.0. The lowest BCUT2D eigenvalue weighted by molar-refractivity contribution is -0.147. The third-order valence-electron chi connectivity index (χ3n) is 6.15. The smallest absolute Gasteiger partial charge is 0.307 e. The monoisotopic (exact) mass is 442 g/mol. The molecule has 3 N–H and O–H groups in total. The minimum absolute atomic E-state index is 0.265. The summed E-state index contributed by atoms with van der Waals surface area (Å²) in [6.07, 6.45) is 5.41. The summed E-state index contributed by atoms with van der Waals surface area (Å²) in [4.78, 5) is 38.9. The summed E-state index contributed by atoms with van der Waals surface area (Å²) >= 11 is 1.44. The summed E-state index contributed by atoms with van der Waals surface area (Å²) in [5, 5.41) is 15.9. The number of carboxylic acids is 1. The molecule has 8 heteroatoms. The van der Waals surface area contributed by atoms with Crippen molar-refractivity contribution in [1.29, 1.82) is 0 Å². The Morgan fingerprint density at radius 2 is 1.71 bits per heavy atom. The Kier molecular flexibility index (Phi) is 6.27. The predicted molar refractivity (Wildman–Crippen MR) is 119 cm³/mol. The lowest BCUT2D eigenvalue weighted by Gasteiger charge is -2.27. The van der Waals surface area contributed by atoms with Gasteiger partial charge in [-0.2, -0.15) is 0 Å². The number of amides is 2. The van der Waals surface area contributed by atoms with Crippen molar-refractivity contribution in [2.45, 2.75) is 44.9 Å². The SMILES string of the molecule is COc1ccc(NC(=O)c2c(NC(=O)C3CCCCC3C(=O)O)sc3c2CCC3)cc1. The molecule has 1 saturated carbocycles. The molecule has 2 aliphatic carbocycles. The van der Waals surface area contributed by atoms with Crippen LogP contribution in [0.5, 0.6) is 5.75 Å². The molecule has 2 aromatic rings. The van der Waals surface area contributed by atoms with Crippen LogP contribution in [0.4, 0.5) is 10.7 Å². The van der Waals surface area contributed by atoms with E-state index in [1.165, 1.54) is 11.3 Å². The Morgan fingerprint density at radius 1 is 1.00 bits per heavy atom. The number of carbonyl (C=O) groups is 3. The molecule has 2 unspecified atom stereocenters. The van der Waals surface area contributed by atoms with Crippen molar-refractivity contribution in [3.05, 3.63) is 40.3 Å². The number of benzene rings is 1. The molecule has 1 aromatic heterocycles. The van der Waals surface area contributed by atoms with Crippen LogP contribution in [-0.4, -0.2) is 30.0 Å². The molecule has 0 saturated heterocycles. The van der Waals surface area contributed by atoms with E-state index in [9.17, 15) is 19.5 Å². The van der Waals surface area contributed by atoms with Crippen LogP contribution in [0.15, 0.2) is 24.3 Å². The van der Waals surface area contributed by atoms with Gasteiger partial charge in [-0.25, -0.2) is 0 Å². The molecule has 0 radical (unpaired) electrons. The molecule has 31 heavy (non-hydrogen) atoms. The van der Waals surface area contributed by atoms with Crippen LogP contribution in [-0.2, 0) is 22.4 Å². The fourth-order valence-corrected chi connectivity index (χ4v) is 5.84. The van der Waals surface area contributed by atoms with Gasteiger partial charge < -0.3 is 20.5 Å². The van der Waals surface area contributed by atoms with E-state index in [0.29, 0.717) is 34.8 Å². The number of carboxylic acid groups (broad SMARTS) is 1. The van der Waals surface area contributed by atoms with Gasteiger partial charge in [-0.1, -0.05) is 12.8 Å². The molecule has 0 aliphatic heterocycles. The lowest BCUT2D eigenvalue weighted by atomic mass is 9.79. The molecule has 2 amide bonds. The van der Waals surface area contributed by atoms with Gasteiger partial charge >= 0.3 is 5.97 Å². The van der Waals surface area contributed by atoms with E-state index in [0.717, 1.165) is 42.5 Å². The molecule has 7 nitrogen and oxygen atoms in total. The molecule has 4 rings (SSSR count). The molecule has 1 aromatic carbocycles. The molecule has 0 spiro atoms. The maximum atomic E-state index is 13.2. The van der Waals surface area contributed by atoms with Crippen LogP contribution < -0.4 is 15.4 Å². The fourth-order valence-electron chi connectivity index (χ4n) is 4.55. The molecule has 1 heterocycles. The minimum atomic E-state index is -0.925. The highest BCUT2D eigenvalue weighted by atomic mass is 32.1. The largest absolute Gasteiger partial charge is 0.497 e. The number of ether oxygens (including phenoxy) is 1. The van der Waals surface area contributed by atoms with Crippen LogP contribution in [0.25, 0.3) is 0 Å². The first-order valence-corrected chi connectivity index (χ1v) is 11.4. The van der Waals surface area contributed by atoms with Gasteiger partial charge in [-0.3, -0.25) is 14.4 Å². The third kappa shape index (κ3) is 4.44. The average molecular weight is 443 g/mol. The van der Waals surface area contributed by atoms with E-state index in [-0.39, 0.29) is 11.8 Å². The van der Waals surface area contributed by atoms with Gasteiger partial charge in [-0.15, -0.1) is 11.3 Å². The van der Waals surface area contributed by atoms with Gasteiger partial charge in [0, 0.05) is 10.6 Å². The molecule has 2 atom stereocenters. The summed E-state index contributed by atoms with van der Waals surface area (Å²) in [5.41, 5.74) is 2.13. The highest BCUT2D eigenvalue weighted by Gasteiger charge is 2.37. The van der Waals surface area contributed by atoms with Crippen molar-refractivity contribution in [2.75, 3.05) is 17.7 Å². The Morgan fingerprint density at radius 3 is 2.39 bits per heavy atom. The average Bonchev–Trinajstić information content (AvgIpc) is 3.35. The number of hydrogen-bond donors (Lipinski definition) is 3. The van der Waals surface area contributed by atoms with Crippen LogP contribution in [0.2, 0.25) is 0 Å². The number of fused-ring (bicyclic) bond motifs is 1. The molecule has 1 fully saturated rings. The van der Waals surface area contributed by atoms with Gasteiger partial charge in [0.05, 0.1) is 24.5 Å². The van der Waals surface area contributed by atoms with Crippen LogP contribution in [0, 0.1) is 11.8 Å². The highest BCUT2D eigenvalue weighted by molar-refractivity contribution is 7.17. The van der Waals surface area contributed by atoms with E-state index >= 15 is 0 Å². The van der Waals surface area contributed by atoms with E-state index in [1.54, 1.807) is 31.4 Å². The van der Waals surface area contributed by atoms with Gasteiger partial charge in [0.25, 0.3) is 5.91 Å². The van der Waals surface area contributed by atoms with Gasteiger partial charge in [0.2, 0.25) is 5.91 Å². The van der Waals surface area contributed by atoms with Crippen LogP contribution >= 0.6 is 11.3 Å². The first-order valence-electron chi connectivity index (χ1n) is 10.6. The molecule has 164 valence electrons. The van der Waals surface area contributed by atoms with E-state index in [2.05, 4.69) is 10.6 Å². The Labute approximate surface area is 184 Å². The van der Waals surface area contributed by atoms with Crippen molar-refractivity contribution in [3.8, 4) is 5.75 Å². The maximum absolute atomic E-state index is 13.2. The second-order valence-electron chi connectivity index (χ2n) is 8.07. The predicted octanol–water partition coefficient (Wildman–Crippen LogP) is 4.33. The van der Waals surface area contributed by atoms with Gasteiger partial charge in [0.15, 0.2) is 0 Å². The number of nitrogens with one attached hydrogen (secondary N) is 2. The zero-order chi connectivity index (χ0) is 22.0. The summed E-state index contributed by atoms with van der Waals surface area (Å²) < 4.78 is 5.15. The first kappa shape index (κ1) is 21.4. The summed E-state index contributed by atoms with van der Waals surface area (Å²) in [6, 6.07) is 7.07. The quantitative estimate of drug-likeness (QED) is 0.618. The lowest BCUT2D eigenvalue weighted by Crippen LogP contribution is -2.36. The second-order valence-corrected chi connectivity index (χ2v) is 9.17. The number of hydrogen-bond acceptors (Lipinski definition) is 5. The van der Waals surface area contributed by atoms with E-state index < -0.39 is 17.8 Å². The standard InChI is InChI=1S/C23H26N2O5S/c1-30-14-11-9-13(10-12-14)24-21(27)19-17-7-4-8-18(17)31-22(19)25-20(26)15-5-2-3-6-16(15)23(28)29/h9-12,15-16H,2-8H2,1H3,(H,24,27)(H,25,26)(H,28,29). The number of thiophene rings is 1. The number of rotatable bonds is 6. The Balaban J connectivity index is 1.56. The number of aliphatic carboxylic acids is 1. The van der Waals surface area contributed by atoms with Crippen molar-refractivity contribution < 1.29 is 24.2 Å². The normalized spacial score (nSPS) is 20.0. The number of carbonyl (C=O) groups excluding carboxylic acids is 2. The fraction of sp³-hybridized carbons (Fsp3) is 0.435. The maximum Gasteiger partial charge on any atom is 0.307 e. The van der Waals surface area contributed by atoms with Crippen LogP contribution in [0.1, 0.15) is 52.9 Å². The van der Waals surface area contributed by atoms with E-state index in [1.807, 2.05) is 0 Å². The molecular formula is C23H26N2O5S. The number of methoxy groups -OCH3 is 1. The summed E-state index contributed by atoms with van der Waals surface area (Å²) in [5.74, 6) is -2.03. The number of anilines is 2. The van der Waals surface area contributed by atoms with Crippen molar-refractivity contribution >= 4 is 39.8 Å². The summed E-state index contributed by atoms with van der Waals surface area (Å²) in [6.45, 7) is 0. The zero-order valence-corrected chi connectivity index (χ0v) is 18.2.